The molecule has 0 radical (unpaired) electrons. The normalized spacial score (nSPS) is 17.2. The number of thioether (sulfide) groups is 1. The predicted molar refractivity (Wildman–Crippen MR) is 90.9 cm³/mol. The molecule has 0 spiro atoms. The number of benzene rings is 1. The van der Waals surface area contributed by atoms with Crippen molar-refractivity contribution < 1.29 is 8.42 Å². The third-order valence-corrected chi connectivity index (χ3v) is 6.93. The lowest BCUT2D eigenvalue weighted by molar-refractivity contribution is 0.520. The van der Waals surface area contributed by atoms with E-state index in [0.29, 0.717) is 27.8 Å². The Balaban J connectivity index is 1.99. The highest BCUT2D eigenvalue weighted by molar-refractivity contribution is 7.99. The number of sulfone groups is 1. The van der Waals surface area contributed by atoms with Gasteiger partial charge in [-0.2, -0.15) is 0 Å². The molecule has 1 unspecified atom stereocenters. The van der Waals surface area contributed by atoms with Crippen molar-refractivity contribution in [3.63, 3.8) is 0 Å². The molecule has 3 rings (SSSR count). The predicted octanol–water partition coefficient (Wildman–Crippen LogP) is 2.23. The second-order valence-corrected chi connectivity index (χ2v) is 8.57. The van der Waals surface area contributed by atoms with Crippen LogP contribution in [0.15, 0.2) is 45.2 Å². The summed E-state index contributed by atoms with van der Waals surface area (Å²) in [6.45, 7) is 3.74. The summed E-state index contributed by atoms with van der Waals surface area (Å²) in [6, 6.07) is 8.00. The standard InChI is InChI=1S/C16H18N2O3S2/c1-3-14-11(2)17-16-18(15(14)19)12(9-22-16)10-23(20,21)13-7-5-4-6-8-13/h4-8,12H,3,9-10H2,1-2H3. The molecular weight excluding hydrogens is 332 g/mol. The van der Waals surface area contributed by atoms with Crippen molar-refractivity contribution in [2.75, 3.05) is 11.5 Å². The van der Waals surface area contributed by atoms with Gasteiger partial charge in [0.25, 0.3) is 5.56 Å². The number of hydrogen-bond acceptors (Lipinski definition) is 5. The van der Waals surface area contributed by atoms with Crippen LogP contribution in [0, 0.1) is 6.92 Å². The number of hydrogen-bond donors (Lipinski definition) is 0. The molecule has 0 fully saturated rings. The summed E-state index contributed by atoms with van der Waals surface area (Å²) >= 11 is 1.45. The summed E-state index contributed by atoms with van der Waals surface area (Å²) in [7, 11) is -3.43. The summed E-state index contributed by atoms with van der Waals surface area (Å²) in [5.74, 6) is 0.478. The Hall–Kier alpha value is -1.60. The molecule has 0 bridgehead atoms. The minimum atomic E-state index is -3.43. The fraction of sp³-hybridized carbons (Fsp3) is 0.375. The van der Waals surface area contributed by atoms with Gasteiger partial charge in [-0.25, -0.2) is 13.4 Å². The highest BCUT2D eigenvalue weighted by atomic mass is 32.2. The minimum absolute atomic E-state index is 0.0786. The van der Waals surface area contributed by atoms with Crippen LogP contribution in [0.5, 0.6) is 0 Å². The Kier molecular flexibility index (Phi) is 4.33. The number of rotatable bonds is 4. The van der Waals surface area contributed by atoms with Crippen LogP contribution in [0.3, 0.4) is 0 Å². The minimum Gasteiger partial charge on any atom is -0.282 e. The molecule has 0 saturated carbocycles. The largest absolute Gasteiger partial charge is 0.282 e. The quantitative estimate of drug-likeness (QED) is 0.791. The van der Waals surface area contributed by atoms with E-state index in [2.05, 4.69) is 4.98 Å². The summed E-state index contributed by atoms with van der Waals surface area (Å²) < 4.78 is 26.7. The van der Waals surface area contributed by atoms with Crippen LogP contribution in [0.25, 0.3) is 0 Å². The maximum atomic E-state index is 12.7. The van der Waals surface area contributed by atoms with Crippen molar-refractivity contribution in [1.29, 1.82) is 0 Å². The van der Waals surface area contributed by atoms with Crippen LogP contribution >= 0.6 is 11.8 Å². The maximum Gasteiger partial charge on any atom is 0.257 e. The molecule has 1 aliphatic heterocycles. The van der Waals surface area contributed by atoms with Crippen LogP contribution in [-0.2, 0) is 16.3 Å². The van der Waals surface area contributed by atoms with E-state index in [1.807, 2.05) is 13.8 Å². The molecule has 0 aliphatic carbocycles. The van der Waals surface area contributed by atoms with Crippen LogP contribution in [-0.4, -0.2) is 29.5 Å². The van der Waals surface area contributed by atoms with Gasteiger partial charge in [-0.15, -0.1) is 0 Å². The lowest BCUT2D eigenvalue weighted by atomic mass is 10.2. The van der Waals surface area contributed by atoms with Gasteiger partial charge in [0.15, 0.2) is 15.0 Å². The van der Waals surface area contributed by atoms with Gasteiger partial charge in [-0.1, -0.05) is 36.9 Å². The second kappa shape index (κ2) is 6.13. The van der Waals surface area contributed by atoms with Crippen LogP contribution in [0.1, 0.15) is 24.2 Å². The SMILES string of the molecule is CCc1c(C)nc2n(c1=O)C(CS(=O)(=O)c1ccccc1)CS2. The number of fused-ring (bicyclic) bond motifs is 1. The third kappa shape index (κ3) is 2.95. The Morgan fingerprint density at radius 2 is 2.00 bits per heavy atom. The fourth-order valence-electron chi connectivity index (χ4n) is 2.83. The van der Waals surface area contributed by atoms with Crippen molar-refractivity contribution in [3.05, 3.63) is 51.9 Å². The molecule has 0 amide bonds. The van der Waals surface area contributed by atoms with E-state index in [9.17, 15) is 13.2 Å². The van der Waals surface area contributed by atoms with Gasteiger partial charge in [0.05, 0.1) is 16.7 Å². The maximum absolute atomic E-state index is 12.7. The first-order valence-corrected chi connectivity index (χ1v) is 10.1. The first-order chi connectivity index (χ1) is 10.9. The zero-order chi connectivity index (χ0) is 16.6. The molecule has 7 heteroatoms. The zero-order valence-corrected chi connectivity index (χ0v) is 14.7. The van der Waals surface area contributed by atoms with Crippen molar-refractivity contribution >= 4 is 21.6 Å². The monoisotopic (exact) mass is 350 g/mol. The second-order valence-electron chi connectivity index (χ2n) is 5.55. The Morgan fingerprint density at radius 3 is 2.65 bits per heavy atom. The van der Waals surface area contributed by atoms with Crippen molar-refractivity contribution in [2.24, 2.45) is 0 Å². The van der Waals surface area contributed by atoms with E-state index >= 15 is 0 Å². The summed E-state index contributed by atoms with van der Waals surface area (Å²) in [4.78, 5) is 17.4. The summed E-state index contributed by atoms with van der Waals surface area (Å²) in [5.41, 5.74) is 1.30. The molecule has 2 heterocycles. The van der Waals surface area contributed by atoms with E-state index < -0.39 is 9.84 Å². The zero-order valence-electron chi connectivity index (χ0n) is 13.0. The average Bonchev–Trinajstić information content (AvgIpc) is 2.90. The molecule has 0 saturated heterocycles. The molecule has 1 atom stereocenters. The molecule has 1 aromatic heterocycles. The Bertz CT molecular complexity index is 890. The van der Waals surface area contributed by atoms with Crippen molar-refractivity contribution in [2.45, 2.75) is 36.4 Å². The van der Waals surface area contributed by atoms with Crippen molar-refractivity contribution in [3.8, 4) is 0 Å². The lowest BCUT2D eigenvalue weighted by Gasteiger charge is -2.15. The van der Waals surface area contributed by atoms with Gasteiger partial charge < -0.3 is 0 Å². The Morgan fingerprint density at radius 1 is 1.30 bits per heavy atom. The highest BCUT2D eigenvalue weighted by Gasteiger charge is 2.31. The molecular formula is C16H18N2O3S2. The van der Waals surface area contributed by atoms with Gasteiger partial charge in [0, 0.05) is 17.0 Å². The van der Waals surface area contributed by atoms with Crippen LogP contribution < -0.4 is 5.56 Å². The van der Waals surface area contributed by atoms with Gasteiger partial charge >= 0.3 is 0 Å². The van der Waals surface area contributed by atoms with E-state index in [4.69, 9.17) is 0 Å². The van der Waals surface area contributed by atoms with E-state index in [0.717, 1.165) is 5.69 Å². The molecule has 1 aromatic carbocycles. The molecule has 122 valence electrons. The van der Waals surface area contributed by atoms with Gasteiger partial charge in [0.2, 0.25) is 0 Å². The van der Waals surface area contributed by atoms with E-state index in [1.165, 1.54) is 11.8 Å². The highest BCUT2D eigenvalue weighted by Crippen LogP contribution is 2.32. The summed E-state index contributed by atoms with van der Waals surface area (Å²) in [5, 5.41) is 0.623. The molecule has 23 heavy (non-hydrogen) atoms. The number of nitrogens with zero attached hydrogens (tertiary/aromatic N) is 2. The molecule has 1 aliphatic rings. The van der Waals surface area contributed by atoms with Crippen molar-refractivity contribution in [1.82, 2.24) is 9.55 Å². The Labute approximate surface area is 139 Å². The van der Waals surface area contributed by atoms with E-state index in [-0.39, 0.29) is 17.4 Å². The van der Waals surface area contributed by atoms with Crippen LogP contribution in [0.4, 0.5) is 0 Å². The number of aryl methyl sites for hydroxylation is 1. The topological polar surface area (TPSA) is 69.0 Å². The molecule has 0 N–H and O–H groups in total. The number of aromatic nitrogens is 2. The lowest BCUT2D eigenvalue weighted by Crippen LogP contribution is -2.31. The van der Waals surface area contributed by atoms with Gasteiger partial charge in [-0.3, -0.25) is 9.36 Å². The van der Waals surface area contributed by atoms with Gasteiger partial charge in [0.1, 0.15) is 0 Å². The van der Waals surface area contributed by atoms with Gasteiger partial charge in [-0.05, 0) is 25.5 Å². The third-order valence-electron chi connectivity index (χ3n) is 4.02. The van der Waals surface area contributed by atoms with Crippen LogP contribution in [0.2, 0.25) is 0 Å². The molecule has 2 aromatic rings. The average molecular weight is 350 g/mol. The van der Waals surface area contributed by atoms with E-state index in [1.54, 1.807) is 34.9 Å². The fourth-order valence-corrected chi connectivity index (χ4v) is 5.70. The first-order valence-electron chi connectivity index (χ1n) is 7.46. The smallest absolute Gasteiger partial charge is 0.257 e. The molecule has 5 nitrogen and oxygen atoms in total. The summed E-state index contributed by atoms with van der Waals surface area (Å²) in [6.07, 6.45) is 0.598. The first kappa shape index (κ1) is 16.3.